The summed E-state index contributed by atoms with van der Waals surface area (Å²) >= 11 is 1.57. The zero-order chi connectivity index (χ0) is 24.3. The first kappa shape index (κ1) is 24.3. The molecule has 1 amide bonds. The van der Waals surface area contributed by atoms with Crippen molar-refractivity contribution in [3.63, 3.8) is 0 Å². The van der Waals surface area contributed by atoms with E-state index < -0.39 is 17.5 Å². The highest BCUT2D eigenvalue weighted by atomic mass is 32.2. The van der Waals surface area contributed by atoms with E-state index in [4.69, 9.17) is 15.5 Å². The summed E-state index contributed by atoms with van der Waals surface area (Å²) in [4.78, 5) is 25.8. The third kappa shape index (κ3) is 4.97. The molecule has 4 rings (SSSR count). The minimum Gasteiger partial charge on any atom is -0.379 e. The largest absolute Gasteiger partial charge is 0.379 e. The number of allylic oxidation sites excluding steroid dienone is 1. The number of hydrogen-bond acceptors (Lipinski definition) is 7. The second-order valence-electron chi connectivity index (χ2n) is 8.55. The lowest BCUT2D eigenvalue weighted by Gasteiger charge is -2.47. The Morgan fingerprint density at radius 1 is 1.35 bits per heavy atom. The number of carbonyl (C=O) groups excluding carboxylic acids is 1. The van der Waals surface area contributed by atoms with Gasteiger partial charge in [-0.25, -0.2) is 9.98 Å². The number of nitrogens with one attached hydrogen (secondary N) is 1. The maximum Gasteiger partial charge on any atom is 0.275 e. The molecule has 0 saturated carbocycles. The van der Waals surface area contributed by atoms with Crippen LogP contribution in [-0.2, 0) is 23.1 Å². The molecule has 2 aromatic rings. The van der Waals surface area contributed by atoms with Gasteiger partial charge in [0, 0.05) is 36.6 Å². The van der Waals surface area contributed by atoms with Crippen LogP contribution in [0.2, 0.25) is 0 Å². The van der Waals surface area contributed by atoms with Gasteiger partial charge in [0.25, 0.3) is 12.0 Å². The number of benzene rings is 1. The SMILES string of the molecule is CCc1ccc(NC(=O)c2cnc(CC=C(F)F)cn2)cc1[C@]12COC[C@@H](C)[C@H]1CSC(N)=N2. The van der Waals surface area contributed by atoms with E-state index in [2.05, 4.69) is 29.1 Å². The average Bonchev–Trinajstić information content (AvgIpc) is 2.83. The van der Waals surface area contributed by atoms with Crippen molar-refractivity contribution in [2.24, 2.45) is 22.6 Å². The minimum atomic E-state index is -1.78. The van der Waals surface area contributed by atoms with Crippen molar-refractivity contribution in [3.8, 4) is 0 Å². The van der Waals surface area contributed by atoms with Crippen molar-refractivity contribution in [3.05, 3.63) is 65.3 Å². The number of carbonyl (C=O) groups is 1. The molecule has 0 radical (unpaired) electrons. The number of halogens is 2. The normalized spacial score (nSPS) is 24.1. The fourth-order valence-corrected chi connectivity index (χ4v) is 5.76. The summed E-state index contributed by atoms with van der Waals surface area (Å²) in [5.41, 5.74) is 8.75. The second kappa shape index (κ2) is 10.2. The molecular formula is C24H27F2N5O2S. The van der Waals surface area contributed by atoms with E-state index in [9.17, 15) is 13.6 Å². The third-order valence-electron chi connectivity index (χ3n) is 6.34. The van der Waals surface area contributed by atoms with Gasteiger partial charge in [0.2, 0.25) is 0 Å². The van der Waals surface area contributed by atoms with Gasteiger partial charge in [0.05, 0.1) is 18.5 Å². The van der Waals surface area contributed by atoms with Gasteiger partial charge < -0.3 is 15.8 Å². The molecule has 1 saturated heterocycles. The number of amidine groups is 1. The molecule has 2 aliphatic rings. The average molecular weight is 488 g/mol. The molecule has 3 N–H and O–H groups in total. The van der Waals surface area contributed by atoms with Gasteiger partial charge in [0.15, 0.2) is 5.17 Å². The fourth-order valence-electron chi connectivity index (χ4n) is 4.57. The van der Waals surface area contributed by atoms with Crippen LogP contribution >= 0.6 is 11.8 Å². The highest BCUT2D eigenvalue weighted by Crippen LogP contribution is 2.48. The number of hydrogen-bond donors (Lipinski definition) is 2. The monoisotopic (exact) mass is 487 g/mol. The highest BCUT2D eigenvalue weighted by molar-refractivity contribution is 8.13. The molecule has 3 atom stereocenters. The maximum atomic E-state index is 12.8. The van der Waals surface area contributed by atoms with Crippen LogP contribution in [-0.4, -0.2) is 40.0 Å². The van der Waals surface area contributed by atoms with Crippen molar-refractivity contribution in [2.75, 3.05) is 24.3 Å². The molecule has 0 unspecified atom stereocenters. The summed E-state index contributed by atoms with van der Waals surface area (Å²) < 4.78 is 30.5. The van der Waals surface area contributed by atoms with E-state index in [0.717, 1.165) is 29.4 Å². The molecule has 10 heteroatoms. The van der Waals surface area contributed by atoms with Crippen LogP contribution < -0.4 is 11.1 Å². The Balaban J connectivity index is 1.62. The first-order valence-electron chi connectivity index (χ1n) is 11.1. The lowest BCUT2D eigenvalue weighted by Crippen LogP contribution is -2.51. The predicted octanol–water partition coefficient (Wildman–Crippen LogP) is 4.15. The molecule has 0 aliphatic carbocycles. The first-order chi connectivity index (χ1) is 16.3. The van der Waals surface area contributed by atoms with Gasteiger partial charge in [-0.05, 0) is 41.7 Å². The Kier molecular flexibility index (Phi) is 7.27. The number of aryl methyl sites for hydroxylation is 1. The van der Waals surface area contributed by atoms with Gasteiger partial charge in [0.1, 0.15) is 11.2 Å². The van der Waals surface area contributed by atoms with Gasteiger partial charge in [-0.3, -0.25) is 9.78 Å². The van der Waals surface area contributed by atoms with Crippen molar-refractivity contribution in [1.82, 2.24) is 9.97 Å². The van der Waals surface area contributed by atoms with Crippen molar-refractivity contribution in [1.29, 1.82) is 0 Å². The van der Waals surface area contributed by atoms with E-state index in [1.807, 2.05) is 18.2 Å². The van der Waals surface area contributed by atoms with Crippen LogP contribution in [0.25, 0.3) is 0 Å². The number of anilines is 1. The number of fused-ring (bicyclic) bond motifs is 1. The molecule has 180 valence electrons. The van der Waals surface area contributed by atoms with Crippen molar-refractivity contribution >= 4 is 28.5 Å². The van der Waals surface area contributed by atoms with Crippen LogP contribution in [0, 0.1) is 11.8 Å². The Labute approximate surface area is 201 Å². The van der Waals surface area contributed by atoms with Crippen molar-refractivity contribution in [2.45, 2.75) is 32.2 Å². The number of ether oxygens (including phenoxy) is 1. The lowest BCUT2D eigenvalue weighted by molar-refractivity contribution is -0.0330. The number of amides is 1. The smallest absolute Gasteiger partial charge is 0.275 e. The molecule has 3 heterocycles. The number of nitrogens with zero attached hydrogens (tertiary/aromatic N) is 3. The highest BCUT2D eigenvalue weighted by Gasteiger charge is 2.49. The van der Waals surface area contributed by atoms with Crippen LogP contribution in [0.3, 0.4) is 0 Å². The van der Waals surface area contributed by atoms with Gasteiger partial charge in [-0.1, -0.05) is 31.7 Å². The number of nitrogens with two attached hydrogens (primary N) is 1. The predicted molar refractivity (Wildman–Crippen MR) is 129 cm³/mol. The van der Waals surface area contributed by atoms with E-state index >= 15 is 0 Å². The molecule has 7 nitrogen and oxygen atoms in total. The van der Waals surface area contributed by atoms with E-state index in [1.165, 1.54) is 12.4 Å². The quantitative estimate of drug-likeness (QED) is 0.635. The number of thioether (sulfide) groups is 1. The zero-order valence-corrected chi connectivity index (χ0v) is 19.9. The third-order valence-corrected chi connectivity index (χ3v) is 7.25. The minimum absolute atomic E-state index is 0.0508. The maximum absolute atomic E-state index is 12.8. The summed E-state index contributed by atoms with van der Waals surface area (Å²) in [5, 5.41) is 3.42. The Morgan fingerprint density at radius 2 is 2.18 bits per heavy atom. The van der Waals surface area contributed by atoms with Crippen LogP contribution in [0.5, 0.6) is 0 Å². The summed E-state index contributed by atoms with van der Waals surface area (Å²) in [5.74, 6) is 1.00. The second-order valence-corrected chi connectivity index (χ2v) is 9.59. The Hall–Kier alpha value is -2.85. The topological polar surface area (TPSA) is 102 Å². The lowest BCUT2D eigenvalue weighted by atomic mass is 9.70. The molecule has 1 fully saturated rings. The molecule has 1 aromatic heterocycles. The Morgan fingerprint density at radius 3 is 2.88 bits per heavy atom. The molecule has 1 aromatic carbocycles. The van der Waals surface area contributed by atoms with Crippen molar-refractivity contribution < 1.29 is 18.3 Å². The Bertz CT molecular complexity index is 1120. The number of rotatable bonds is 6. The number of aliphatic imine (C=N–C) groups is 1. The van der Waals surface area contributed by atoms with E-state index in [-0.39, 0.29) is 18.0 Å². The molecule has 34 heavy (non-hydrogen) atoms. The molecule has 0 spiro atoms. The van der Waals surface area contributed by atoms with Crippen LogP contribution in [0.4, 0.5) is 14.5 Å². The van der Waals surface area contributed by atoms with Gasteiger partial charge >= 0.3 is 0 Å². The number of aromatic nitrogens is 2. The fraction of sp³-hybridized carbons (Fsp3) is 0.417. The summed E-state index contributed by atoms with van der Waals surface area (Å²) in [6.07, 6.45) is 2.33. The molecule has 0 bridgehead atoms. The standard InChI is InChI=1S/C24H27F2N5O2S/c1-3-15-4-5-16(30-22(32)20-10-28-17(9-29-20)6-7-21(25)26)8-18(15)24-13-33-11-14(2)19(24)12-34-23(27)31-24/h4-5,7-10,14,19H,3,6,11-13H2,1-2H3,(H2,27,31)(H,30,32)/t14-,19-,24-/m1/s1. The summed E-state index contributed by atoms with van der Waals surface area (Å²) in [6.45, 7) is 5.38. The summed E-state index contributed by atoms with van der Waals surface area (Å²) in [7, 11) is 0. The van der Waals surface area contributed by atoms with Gasteiger partial charge in [-0.15, -0.1) is 0 Å². The van der Waals surface area contributed by atoms with E-state index in [1.54, 1.807) is 11.8 Å². The molecule has 2 aliphatic heterocycles. The van der Waals surface area contributed by atoms with Crippen LogP contribution in [0.1, 0.15) is 41.2 Å². The first-order valence-corrected chi connectivity index (χ1v) is 12.1. The van der Waals surface area contributed by atoms with E-state index in [0.29, 0.717) is 35.7 Å². The van der Waals surface area contributed by atoms with Crippen LogP contribution in [0.15, 0.2) is 47.7 Å². The van der Waals surface area contributed by atoms with Gasteiger partial charge in [-0.2, -0.15) is 8.78 Å². The molecular weight excluding hydrogens is 460 g/mol. The summed E-state index contributed by atoms with van der Waals surface area (Å²) in [6, 6.07) is 5.80. The zero-order valence-electron chi connectivity index (χ0n) is 19.1.